The Morgan fingerprint density at radius 1 is 1.03 bits per heavy atom. The summed E-state index contributed by atoms with van der Waals surface area (Å²) in [5.41, 5.74) is 0.669. The molecule has 2 aromatic rings. The van der Waals surface area contributed by atoms with Gasteiger partial charge in [0.25, 0.3) is 11.8 Å². The van der Waals surface area contributed by atoms with Crippen molar-refractivity contribution in [2.24, 2.45) is 23.2 Å². The zero-order valence-electron chi connectivity index (χ0n) is 18.8. The Balaban J connectivity index is 1.17. The molecule has 0 unspecified atom stereocenters. The first-order valence-corrected chi connectivity index (χ1v) is 11.8. The molecule has 1 heterocycles. The van der Waals surface area contributed by atoms with Crippen molar-refractivity contribution in [3.05, 3.63) is 54.0 Å². The lowest BCUT2D eigenvalue weighted by atomic mass is 9.48. The molecule has 0 aliphatic heterocycles. The van der Waals surface area contributed by atoms with Crippen molar-refractivity contribution in [1.29, 1.82) is 0 Å². The fourth-order valence-electron chi connectivity index (χ4n) is 6.71. The van der Waals surface area contributed by atoms with E-state index in [1.54, 1.807) is 30.3 Å². The minimum atomic E-state index is -0.664. The van der Waals surface area contributed by atoms with Crippen molar-refractivity contribution in [3.63, 3.8) is 0 Å². The monoisotopic (exact) mass is 450 g/mol. The number of amides is 2. The van der Waals surface area contributed by atoms with E-state index in [4.69, 9.17) is 9.15 Å². The SMILES string of the molecule is C[C@@H](NC(=O)COC(=O)c1ccccc1NC(=O)c1ccco1)C12CC3CC(CC(C3)C1)C2. The van der Waals surface area contributed by atoms with Crippen LogP contribution >= 0.6 is 0 Å². The summed E-state index contributed by atoms with van der Waals surface area (Å²) in [7, 11) is 0. The second kappa shape index (κ2) is 8.69. The van der Waals surface area contributed by atoms with Gasteiger partial charge in [-0.3, -0.25) is 9.59 Å². The van der Waals surface area contributed by atoms with Crippen LogP contribution in [-0.2, 0) is 9.53 Å². The number of hydrogen-bond acceptors (Lipinski definition) is 5. The van der Waals surface area contributed by atoms with E-state index in [1.807, 2.05) is 0 Å². The Morgan fingerprint density at radius 2 is 1.70 bits per heavy atom. The molecule has 6 rings (SSSR count). The first-order valence-electron chi connectivity index (χ1n) is 11.8. The number of para-hydroxylation sites is 1. The molecule has 0 radical (unpaired) electrons. The molecule has 7 nitrogen and oxygen atoms in total. The number of carbonyl (C=O) groups excluding carboxylic acids is 3. The lowest BCUT2D eigenvalue weighted by Gasteiger charge is -2.59. The fourth-order valence-corrected chi connectivity index (χ4v) is 6.71. The van der Waals surface area contributed by atoms with Gasteiger partial charge in [-0.1, -0.05) is 12.1 Å². The highest BCUT2D eigenvalue weighted by molar-refractivity contribution is 6.06. The number of esters is 1. The molecule has 2 amide bonds. The van der Waals surface area contributed by atoms with Gasteiger partial charge in [0.2, 0.25) is 0 Å². The molecule has 4 saturated carbocycles. The highest BCUT2D eigenvalue weighted by atomic mass is 16.5. The summed E-state index contributed by atoms with van der Waals surface area (Å²) < 4.78 is 10.4. The maximum absolute atomic E-state index is 12.7. The van der Waals surface area contributed by atoms with Crippen molar-refractivity contribution in [1.82, 2.24) is 5.32 Å². The van der Waals surface area contributed by atoms with Crippen LogP contribution in [0.5, 0.6) is 0 Å². The van der Waals surface area contributed by atoms with Crippen LogP contribution in [0.15, 0.2) is 47.1 Å². The third kappa shape index (κ3) is 4.41. The summed E-state index contributed by atoms with van der Waals surface area (Å²) in [5, 5.41) is 5.76. The summed E-state index contributed by atoms with van der Waals surface area (Å²) in [6.45, 7) is 1.75. The number of benzene rings is 1. The molecular formula is C26H30N2O5. The number of anilines is 1. The van der Waals surface area contributed by atoms with Gasteiger partial charge < -0.3 is 19.8 Å². The summed E-state index contributed by atoms with van der Waals surface area (Å²) >= 11 is 0. The third-order valence-electron chi connectivity index (χ3n) is 7.86. The number of rotatable bonds is 7. The quantitative estimate of drug-likeness (QED) is 0.609. The van der Waals surface area contributed by atoms with E-state index in [0.29, 0.717) is 5.69 Å². The van der Waals surface area contributed by atoms with Crippen molar-refractivity contribution < 1.29 is 23.5 Å². The lowest BCUT2D eigenvalue weighted by Crippen LogP contribution is -2.56. The van der Waals surface area contributed by atoms with E-state index in [9.17, 15) is 14.4 Å². The summed E-state index contributed by atoms with van der Waals surface area (Å²) in [6, 6.07) is 9.74. The van der Waals surface area contributed by atoms with Gasteiger partial charge in [-0.15, -0.1) is 0 Å². The molecule has 4 bridgehead atoms. The van der Waals surface area contributed by atoms with Crippen molar-refractivity contribution in [2.75, 3.05) is 11.9 Å². The zero-order chi connectivity index (χ0) is 23.0. The molecule has 7 heteroatoms. The van der Waals surface area contributed by atoms with Crippen LogP contribution in [0.3, 0.4) is 0 Å². The van der Waals surface area contributed by atoms with Crippen LogP contribution in [0.4, 0.5) is 5.69 Å². The highest BCUT2D eigenvalue weighted by Crippen LogP contribution is 2.61. The van der Waals surface area contributed by atoms with Gasteiger partial charge in [0.15, 0.2) is 12.4 Å². The van der Waals surface area contributed by atoms with E-state index >= 15 is 0 Å². The van der Waals surface area contributed by atoms with E-state index < -0.39 is 11.9 Å². The number of ether oxygens (including phenoxy) is 1. The van der Waals surface area contributed by atoms with Crippen LogP contribution in [0.2, 0.25) is 0 Å². The smallest absolute Gasteiger partial charge is 0.340 e. The molecule has 4 fully saturated rings. The molecule has 4 aliphatic rings. The van der Waals surface area contributed by atoms with E-state index in [0.717, 1.165) is 17.8 Å². The average Bonchev–Trinajstić information content (AvgIpc) is 3.32. The Kier molecular flexibility index (Phi) is 5.72. The van der Waals surface area contributed by atoms with Crippen LogP contribution in [0.25, 0.3) is 0 Å². The predicted molar refractivity (Wildman–Crippen MR) is 122 cm³/mol. The second-order valence-electron chi connectivity index (χ2n) is 10.1. The minimum Gasteiger partial charge on any atom is -0.459 e. The number of carbonyl (C=O) groups is 3. The van der Waals surface area contributed by atoms with Gasteiger partial charge in [0.05, 0.1) is 17.5 Å². The van der Waals surface area contributed by atoms with E-state index in [1.165, 1.54) is 50.9 Å². The van der Waals surface area contributed by atoms with Crippen LogP contribution in [-0.4, -0.2) is 30.4 Å². The molecular weight excluding hydrogens is 420 g/mol. The molecule has 1 aromatic heterocycles. The van der Waals surface area contributed by atoms with Gasteiger partial charge in [-0.05, 0) is 92.9 Å². The van der Waals surface area contributed by atoms with Crippen LogP contribution < -0.4 is 10.6 Å². The van der Waals surface area contributed by atoms with E-state index in [2.05, 4.69) is 17.6 Å². The van der Waals surface area contributed by atoms with Crippen molar-refractivity contribution >= 4 is 23.5 Å². The molecule has 174 valence electrons. The topological polar surface area (TPSA) is 97.6 Å². The maximum Gasteiger partial charge on any atom is 0.340 e. The van der Waals surface area contributed by atoms with Crippen molar-refractivity contribution in [3.8, 4) is 0 Å². The highest BCUT2D eigenvalue weighted by Gasteiger charge is 2.53. The number of hydrogen-bond donors (Lipinski definition) is 2. The summed E-state index contributed by atoms with van der Waals surface area (Å²) in [5.74, 6) is 1.13. The van der Waals surface area contributed by atoms with Gasteiger partial charge in [0.1, 0.15) is 0 Å². The molecule has 1 atom stereocenters. The zero-order valence-corrected chi connectivity index (χ0v) is 18.8. The second-order valence-corrected chi connectivity index (χ2v) is 10.1. The number of nitrogens with one attached hydrogen (secondary N) is 2. The van der Waals surface area contributed by atoms with Crippen molar-refractivity contribution in [2.45, 2.75) is 51.5 Å². The molecule has 2 N–H and O–H groups in total. The standard InChI is InChI=1S/C26H30N2O5/c1-16(26-12-17-9-18(13-26)11-19(10-17)14-26)27-23(29)15-33-25(31)20-5-2-3-6-21(20)28-24(30)22-7-4-8-32-22/h2-8,16-19H,9-15H2,1H3,(H,27,29)(H,28,30)/t16-,17?,18?,19?,26?/m1/s1. The molecule has 0 spiro atoms. The summed E-state index contributed by atoms with van der Waals surface area (Å²) in [6.07, 6.45) is 9.06. The molecule has 4 aliphatic carbocycles. The normalized spacial score (nSPS) is 28.2. The van der Waals surface area contributed by atoms with E-state index in [-0.39, 0.29) is 35.3 Å². The third-order valence-corrected chi connectivity index (χ3v) is 7.86. The van der Waals surface area contributed by atoms with Gasteiger partial charge in [-0.25, -0.2) is 4.79 Å². The van der Waals surface area contributed by atoms with Gasteiger partial charge in [0, 0.05) is 6.04 Å². The Labute approximate surface area is 193 Å². The Bertz CT molecular complexity index is 1010. The summed E-state index contributed by atoms with van der Waals surface area (Å²) in [4.78, 5) is 37.6. The molecule has 1 aromatic carbocycles. The number of furan rings is 1. The van der Waals surface area contributed by atoms with Crippen LogP contribution in [0, 0.1) is 23.2 Å². The average molecular weight is 451 g/mol. The predicted octanol–water partition coefficient (Wildman–Crippen LogP) is 4.41. The first-order chi connectivity index (χ1) is 15.9. The van der Waals surface area contributed by atoms with Crippen LogP contribution in [0.1, 0.15) is 66.4 Å². The van der Waals surface area contributed by atoms with Gasteiger partial charge >= 0.3 is 5.97 Å². The minimum absolute atomic E-state index is 0.0666. The Morgan fingerprint density at radius 3 is 2.33 bits per heavy atom. The Hall–Kier alpha value is -3.09. The van der Waals surface area contributed by atoms with Gasteiger partial charge in [-0.2, -0.15) is 0 Å². The largest absolute Gasteiger partial charge is 0.459 e. The molecule has 0 saturated heterocycles. The maximum atomic E-state index is 12.7. The lowest BCUT2D eigenvalue weighted by molar-refractivity contribution is -0.128. The fraction of sp³-hybridized carbons (Fsp3) is 0.500. The molecule has 33 heavy (non-hydrogen) atoms. The first kappa shape index (κ1) is 21.7.